The number of alkyl halides is 2. The maximum absolute atomic E-state index is 13.0. The van der Waals surface area contributed by atoms with Crippen molar-refractivity contribution in [3.63, 3.8) is 0 Å². The zero-order valence-corrected chi connectivity index (χ0v) is 11.3. The van der Waals surface area contributed by atoms with Gasteiger partial charge < -0.3 is 4.55 Å². The van der Waals surface area contributed by atoms with Crippen LogP contribution >= 0.6 is 0 Å². The monoisotopic (exact) mass is 264 g/mol. The smallest absolute Gasteiger partial charge is 0.268 e. The highest BCUT2D eigenvalue weighted by Gasteiger charge is 2.74. The fourth-order valence-corrected chi connectivity index (χ4v) is 2.77. The lowest BCUT2D eigenvalue weighted by molar-refractivity contribution is 0.0708. The van der Waals surface area contributed by atoms with Crippen molar-refractivity contribution >= 4 is 17.6 Å². The van der Waals surface area contributed by atoms with Crippen LogP contribution in [0.5, 0.6) is 0 Å². The highest BCUT2D eigenvalue weighted by atomic mass is 32.2. The zero-order chi connectivity index (χ0) is 13.1. The lowest BCUT2D eigenvalue weighted by Gasteiger charge is -2.24. The largest absolute Gasteiger partial charge is 0.591 e. The van der Waals surface area contributed by atoms with Crippen LogP contribution in [-0.4, -0.2) is 33.0 Å². The predicted octanol–water partition coefficient (Wildman–Crippen LogP) is 1.91. The van der Waals surface area contributed by atoms with Crippen LogP contribution in [0.4, 0.5) is 8.78 Å². The summed E-state index contributed by atoms with van der Waals surface area (Å²) in [6.45, 7) is 7.31. The SMILES string of the molecule is CC(C)(C)[S@+]([O-])/N=C/[C@@]1(C)C[C@@H]2[C@H](N1)C2(F)F. The van der Waals surface area contributed by atoms with Gasteiger partial charge in [-0.05, 0) is 34.1 Å². The van der Waals surface area contributed by atoms with E-state index in [4.69, 9.17) is 0 Å². The Bertz CT molecular complexity index is 340. The molecule has 4 atom stereocenters. The minimum Gasteiger partial charge on any atom is -0.591 e. The summed E-state index contributed by atoms with van der Waals surface area (Å²) >= 11 is -1.33. The van der Waals surface area contributed by atoms with Gasteiger partial charge in [0.2, 0.25) is 0 Å². The first-order chi connectivity index (χ1) is 7.56. The van der Waals surface area contributed by atoms with Gasteiger partial charge in [-0.1, -0.05) is 4.40 Å². The Morgan fingerprint density at radius 1 is 1.47 bits per heavy atom. The first-order valence-corrected chi connectivity index (χ1v) is 6.80. The van der Waals surface area contributed by atoms with Gasteiger partial charge in [-0.15, -0.1) is 0 Å². The molecule has 2 fully saturated rings. The molecule has 0 bridgehead atoms. The quantitative estimate of drug-likeness (QED) is 0.611. The van der Waals surface area contributed by atoms with Crippen LogP contribution in [-0.2, 0) is 11.4 Å². The van der Waals surface area contributed by atoms with Gasteiger partial charge in [0, 0.05) is 5.92 Å². The summed E-state index contributed by atoms with van der Waals surface area (Å²) in [5, 5.41) is 2.87. The fraction of sp³-hybridized carbons (Fsp3) is 0.909. The Kier molecular flexibility index (Phi) is 2.84. The van der Waals surface area contributed by atoms with Crippen LogP contribution in [0.3, 0.4) is 0 Å². The van der Waals surface area contributed by atoms with Crippen molar-refractivity contribution in [2.24, 2.45) is 10.3 Å². The van der Waals surface area contributed by atoms with Gasteiger partial charge in [0.1, 0.15) is 16.1 Å². The van der Waals surface area contributed by atoms with Crippen LogP contribution in [0.1, 0.15) is 34.1 Å². The van der Waals surface area contributed by atoms with Crippen LogP contribution in [0, 0.1) is 5.92 Å². The van der Waals surface area contributed by atoms with Crippen molar-refractivity contribution in [2.75, 3.05) is 0 Å². The average Bonchev–Trinajstić information content (AvgIpc) is 2.59. The maximum Gasteiger partial charge on any atom is 0.268 e. The molecule has 6 heteroatoms. The number of hydrogen-bond acceptors (Lipinski definition) is 3. The summed E-state index contributed by atoms with van der Waals surface area (Å²) in [6.07, 6.45) is 1.89. The third-order valence-electron chi connectivity index (χ3n) is 3.29. The highest BCUT2D eigenvalue weighted by molar-refractivity contribution is 7.91. The lowest BCUT2D eigenvalue weighted by atomic mass is 9.99. The number of halogens is 2. The molecule has 2 rings (SSSR count). The fourth-order valence-electron chi connectivity index (χ4n) is 2.12. The van der Waals surface area contributed by atoms with Gasteiger partial charge in [0.15, 0.2) is 0 Å². The summed E-state index contributed by atoms with van der Waals surface area (Å²) in [7, 11) is 0. The van der Waals surface area contributed by atoms with E-state index in [2.05, 4.69) is 9.71 Å². The van der Waals surface area contributed by atoms with Gasteiger partial charge in [-0.2, -0.15) is 0 Å². The van der Waals surface area contributed by atoms with E-state index < -0.39 is 39.5 Å². The van der Waals surface area contributed by atoms with Crippen molar-refractivity contribution in [2.45, 2.75) is 56.4 Å². The Morgan fingerprint density at radius 3 is 2.47 bits per heavy atom. The Balaban J connectivity index is 1.96. The third kappa shape index (κ3) is 2.35. The predicted molar refractivity (Wildman–Crippen MR) is 64.8 cm³/mol. The van der Waals surface area contributed by atoms with Gasteiger partial charge in [-0.25, -0.2) is 8.78 Å². The van der Waals surface area contributed by atoms with E-state index in [0.717, 1.165) is 0 Å². The molecule has 1 N–H and O–H groups in total. The number of nitrogens with zero attached hydrogens (tertiary/aromatic N) is 1. The van der Waals surface area contributed by atoms with Crippen LogP contribution < -0.4 is 5.32 Å². The second-order valence-electron chi connectivity index (χ2n) is 6.12. The number of hydrogen-bond donors (Lipinski definition) is 1. The van der Waals surface area contributed by atoms with Gasteiger partial charge >= 0.3 is 0 Å². The van der Waals surface area contributed by atoms with E-state index >= 15 is 0 Å². The first-order valence-electron chi connectivity index (χ1n) is 5.69. The molecule has 0 amide bonds. The number of piperidine rings is 1. The van der Waals surface area contributed by atoms with Crippen molar-refractivity contribution in [1.29, 1.82) is 0 Å². The van der Waals surface area contributed by atoms with E-state index in [-0.39, 0.29) is 0 Å². The summed E-state index contributed by atoms with van der Waals surface area (Å²) in [5.41, 5.74) is -0.544. The second-order valence-corrected chi connectivity index (χ2v) is 8.05. The van der Waals surface area contributed by atoms with Gasteiger partial charge in [0.05, 0.1) is 17.8 Å². The molecule has 98 valence electrons. The summed E-state index contributed by atoms with van der Waals surface area (Å²) in [6, 6.07) is -0.720. The Morgan fingerprint density at radius 2 is 2.06 bits per heavy atom. The van der Waals surface area contributed by atoms with Crippen LogP contribution in [0.2, 0.25) is 0 Å². The molecular formula is C11H18F2N2OS. The molecule has 1 aliphatic heterocycles. The molecule has 0 unspecified atom stereocenters. The summed E-state index contributed by atoms with van der Waals surface area (Å²) in [4.78, 5) is 0. The van der Waals surface area contributed by atoms with E-state index in [1.807, 2.05) is 27.7 Å². The summed E-state index contributed by atoms with van der Waals surface area (Å²) < 4.78 is 41.3. The number of rotatable bonds is 2. The number of fused-ring (bicyclic) bond motifs is 1. The van der Waals surface area contributed by atoms with E-state index in [0.29, 0.717) is 6.42 Å². The molecule has 1 saturated carbocycles. The normalized spacial score (nSPS) is 41.6. The topological polar surface area (TPSA) is 47.5 Å². The third-order valence-corrected chi connectivity index (χ3v) is 4.63. The minimum absolute atomic E-state index is 0.357. The number of nitrogens with one attached hydrogen (secondary N) is 1. The van der Waals surface area contributed by atoms with Gasteiger partial charge in [0.25, 0.3) is 5.92 Å². The molecule has 1 saturated heterocycles. The zero-order valence-electron chi connectivity index (χ0n) is 10.5. The first kappa shape index (κ1) is 13.2. The second kappa shape index (κ2) is 3.65. The lowest BCUT2D eigenvalue weighted by Crippen LogP contribution is -2.44. The van der Waals surface area contributed by atoms with Crippen LogP contribution in [0.25, 0.3) is 0 Å². The molecule has 0 spiro atoms. The molecule has 0 radical (unpaired) electrons. The molecule has 2 aliphatic rings. The van der Waals surface area contributed by atoms with Crippen molar-refractivity contribution in [3.8, 4) is 0 Å². The van der Waals surface area contributed by atoms with Crippen LogP contribution in [0.15, 0.2) is 4.40 Å². The van der Waals surface area contributed by atoms with Crippen molar-refractivity contribution in [3.05, 3.63) is 0 Å². The van der Waals surface area contributed by atoms with E-state index in [9.17, 15) is 13.3 Å². The van der Waals surface area contributed by atoms with E-state index in [1.54, 1.807) is 0 Å². The molecule has 17 heavy (non-hydrogen) atoms. The molecular weight excluding hydrogens is 246 g/mol. The standard InChI is InChI=1S/C11H18F2N2OS/c1-9(2,3)17(16)14-6-10(4)5-7-8(15-10)11(7,12)13/h6-8,15H,5H2,1-4H3/b14-6+/t7-,8+,10-,17+/m1/s1. The molecule has 3 nitrogen and oxygen atoms in total. The molecule has 0 aromatic heterocycles. The summed E-state index contributed by atoms with van der Waals surface area (Å²) in [5.74, 6) is -3.14. The van der Waals surface area contributed by atoms with Gasteiger partial charge in [-0.3, -0.25) is 5.32 Å². The van der Waals surface area contributed by atoms with Crippen molar-refractivity contribution in [1.82, 2.24) is 5.32 Å². The highest BCUT2D eigenvalue weighted by Crippen LogP contribution is 2.57. The average molecular weight is 264 g/mol. The maximum atomic E-state index is 13.0. The van der Waals surface area contributed by atoms with E-state index in [1.165, 1.54) is 6.21 Å². The minimum atomic E-state index is -2.56. The molecule has 1 heterocycles. The Hall–Kier alpha value is -0.200. The van der Waals surface area contributed by atoms with Crippen molar-refractivity contribution < 1.29 is 13.3 Å². The molecule has 0 aromatic rings. The molecule has 0 aromatic carbocycles. The Labute approximate surface area is 103 Å². The molecule has 1 aliphatic carbocycles.